The molecule has 74 valence electrons. The van der Waals surface area contributed by atoms with Crippen LogP contribution in [-0.4, -0.2) is 9.07 Å². The van der Waals surface area contributed by atoms with Gasteiger partial charge in [-0.1, -0.05) is 49.1 Å². The van der Waals surface area contributed by atoms with Crippen LogP contribution in [0, 0.1) is 0 Å². The zero-order chi connectivity index (χ0) is 10.2. The number of hydrogen-bond acceptors (Lipinski definition) is 3. The molecular formula is C11H13NS2. The second kappa shape index (κ2) is 3.55. The highest BCUT2D eigenvalue weighted by molar-refractivity contribution is 8.24. The van der Waals surface area contributed by atoms with Gasteiger partial charge in [0.25, 0.3) is 0 Å². The summed E-state index contributed by atoms with van der Waals surface area (Å²) in [5, 5.41) is 3.53. The van der Waals surface area contributed by atoms with Crippen molar-refractivity contribution in [2.24, 2.45) is 0 Å². The Morgan fingerprint density at radius 2 is 2.14 bits per heavy atom. The lowest BCUT2D eigenvalue weighted by Gasteiger charge is -2.35. The van der Waals surface area contributed by atoms with Crippen molar-refractivity contribution in [2.45, 2.75) is 25.1 Å². The molecule has 2 rings (SSSR count). The minimum atomic E-state index is 0.0609. The number of para-hydroxylation sites is 1. The molecule has 0 saturated heterocycles. The van der Waals surface area contributed by atoms with E-state index in [1.165, 1.54) is 11.3 Å². The average Bonchev–Trinajstić information content (AvgIpc) is 2.18. The topological polar surface area (TPSA) is 12.0 Å². The Kier molecular flexibility index (Phi) is 2.54. The van der Waals surface area contributed by atoms with Crippen molar-refractivity contribution in [1.82, 2.24) is 0 Å². The number of thioether (sulfide) groups is 1. The smallest absolute Gasteiger partial charge is 0.0857 e. The molecule has 1 aromatic rings. The van der Waals surface area contributed by atoms with Gasteiger partial charge in [-0.25, -0.2) is 0 Å². The Morgan fingerprint density at radius 1 is 1.43 bits per heavy atom. The minimum absolute atomic E-state index is 0.0609. The van der Waals surface area contributed by atoms with E-state index in [0.29, 0.717) is 0 Å². The van der Waals surface area contributed by atoms with Crippen LogP contribution in [0.25, 0.3) is 0 Å². The monoisotopic (exact) mass is 223 g/mol. The maximum Gasteiger partial charge on any atom is 0.0857 e. The Morgan fingerprint density at radius 3 is 2.86 bits per heavy atom. The summed E-state index contributed by atoms with van der Waals surface area (Å²) in [6.45, 7) is 4.37. The largest absolute Gasteiger partial charge is 0.370 e. The fourth-order valence-electron chi connectivity index (χ4n) is 1.50. The van der Waals surface area contributed by atoms with Gasteiger partial charge in [0.05, 0.1) is 9.07 Å². The zero-order valence-corrected chi connectivity index (χ0v) is 9.97. The van der Waals surface area contributed by atoms with Crippen LogP contribution < -0.4 is 5.32 Å². The van der Waals surface area contributed by atoms with E-state index in [-0.39, 0.29) is 4.87 Å². The highest BCUT2D eigenvalue weighted by Crippen LogP contribution is 2.40. The fraction of sp³-hybridized carbons (Fsp3) is 0.364. The second-order valence-electron chi connectivity index (χ2n) is 3.64. The molecule has 1 nitrogen and oxygen atoms in total. The van der Waals surface area contributed by atoms with Crippen molar-refractivity contribution < 1.29 is 0 Å². The first-order valence-electron chi connectivity index (χ1n) is 4.75. The van der Waals surface area contributed by atoms with Crippen LogP contribution in [0.4, 0.5) is 5.69 Å². The normalized spacial score (nSPS) is 25.4. The molecule has 14 heavy (non-hydrogen) atoms. The number of benzene rings is 1. The predicted octanol–water partition coefficient (Wildman–Crippen LogP) is 3.65. The van der Waals surface area contributed by atoms with Crippen LogP contribution in [0.2, 0.25) is 0 Å². The summed E-state index contributed by atoms with van der Waals surface area (Å²) in [4.78, 5) is 0.0609. The van der Waals surface area contributed by atoms with E-state index in [1.807, 2.05) is 12.1 Å². The average molecular weight is 223 g/mol. The third-order valence-electron chi connectivity index (χ3n) is 2.54. The van der Waals surface area contributed by atoms with Crippen molar-refractivity contribution in [3.63, 3.8) is 0 Å². The predicted molar refractivity (Wildman–Crippen MR) is 68.1 cm³/mol. The fourth-order valence-corrected chi connectivity index (χ4v) is 3.23. The molecule has 3 heteroatoms. The van der Waals surface area contributed by atoms with Gasteiger partial charge in [-0.15, -0.1) is 0 Å². The number of nitrogens with one attached hydrogen (secondary N) is 1. The second-order valence-corrected chi connectivity index (χ2v) is 5.82. The Bertz CT molecular complexity index is 375. The summed E-state index contributed by atoms with van der Waals surface area (Å²) in [5.41, 5.74) is 2.33. The summed E-state index contributed by atoms with van der Waals surface area (Å²) in [6, 6.07) is 8.24. The first-order valence-corrected chi connectivity index (χ1v) is 5.98. The Hall–Kier alpha value is -0.540. The van der Waals surface area contributed by atoms with Gasteiger partial charge in [0, 0.05) is 11.3 Å². The molecule has 1 heterocycles. The van der Waals surface area contributed by atoms with Crippen molar-refractivity contribution >= 4 is 33.9 Å². The highest BCUT2D eigenvalue weighted by Gasteiger charge is 2.30. The SMILES string of the molecule is CCC1(C)Nc2ccccc2C(=S)S1. The van der Waals surface area contributed by atoms with Crippen molar-refractivity contribution in [2.75, 3.05) is 5.32 Å². The summed E-state index contributed by atoms with van der Waals surface area (Å²) < 4.78 is 1.00. The molecule has 0 radical (unpaired) electrons. The zero-order valence-electron chi connectivity index (χ0n) is 8.33. The van der Waals surface area contributed by atoms with Crippen LogP contribution >= 0.6 is 24.0 Å². The first kappa shape index (κ1) is 9.99. The van der Waals surface area contributed by atoms with Gasteiger partial charge >= 0.3 is 0 Å². The van der Waals surface area contributed by atoms with Gasteiger partial charge in [0.1, 0.15) is 0 Å². The number of thiocarbonyl (C=S) groups is 1. The Labute approximate surface area is 94.3 Å². The quantitative estimate of drug-likeness (QED) is 0.730. The molecule has 0 aliphatic carbocycles. The highest BCUT2D eigenvalue weighted by atomic mass is 32.2. The van der Waals surface area contributed by atoms with E-state index in [9.17, 15) is 0 Å². The van der Waals surface area contributed by atoms with E-state index < -0.39 is 0 Å². The third-order valence-corrected chi connectivity index (χ3v) is 4.26. The van der Waals surface area contributed by atoms with Gasteiger partial charge in [0.15, 0.2) is 0 Å². The van der Waals surface area contributed by atoms with Crippen LogP contribution in [0.5, 0.6) is 0 Å². The molecule has 0 bridgehead atoms. The molecule has 1 N–H and O–H groups in total. The van der Waals surface area contributed by atoms with E-state index in [4.69, 9.17) is 12.2 Å². The molecule has 0 spiro atoms. The van der Waals surface area contributed by atoms with E-state index in [0.717, 1.165) is 10.6 Å². The van der Waals surface area contributed by atoms with E-state index in [1.54, 1.807) is 11.8 Å². The van der Waals surface area contributed by atoms with Crippen LogP contribution in [0.15, 0.2) is 24.3 Å². The summed E-state index contributed by atoms with van der Waals surface area (Å²) in [7, 11) is 0. The lowest BCUT2D eigenvalue weighted by Crippen LogP contribution is -2.35. The van der Waals surface area contributed by atoms with E-state index >= 15 is 0 Å². The van der Waals surface area contributed by atoms with Gasteiger partial charge in [-0.05, 0) is 19.4 Å². The molecule has 0 saturated carbocycles. The molecule has 1 aliphatic heterocycles. The summed E-state index contributed by atoms with van der Waals surface area (Å²) >= 11 is 7.15. The standard InChI is InChI=1S/C11H13NS2/c1-3-11(2)12-9-7-5-4-6-8(9)10(13)14-11/h4-7,12H,3H2,1-2H3. The van der Waals surface area contributed by atoms with Crippen LogP contribution in [-0.2, 0) is 0 Å². The summed E-state index contributed by atoms with van der Waals surface area (Å²) in [6.07, 6.45) is 1.06. The molecular weight excluding hydrogens is 210 g/mol. The summed E-state index contributed by atoms with van der Waals surface area (Å²) in [5.74, 6) is 0. The first-order chi connectivity index (χ1) is 6.64. The molecule has 0 fully saturated rings. The lowest BCUT2D eigenvalue weighted by atomic mass is 10.1. The van der Waals surface area contributed by atoms with Crippen molar-refractivity contribution in [3.05, 3.63) is 29.8 Å². The number of anilines is 1. The van der Waals surface area contributed by atoms with Crippen LogP contribution in [0.3, 0.4) is 0 Å². The molecule has 1 aliphatic rings. The minimum Gasteiger partial charge on any atom is -0.370 e. The van der Waals surface area contributed by atoms with Crippen molar-refractivity contribution in [1.29, 1.82) is 0 Å². The van der Waals surface area contributed by atoms with Gasteiger partial charge in [-0.3, -0.25) is 0 Å². The maximum atomic E-state index is 5.40. The molecule has 1 aromatic carbocycles. The lowest BCUT2D eigenvalue weighted by molar-refractivity contribution is 0.703. The number of fused-ring (bicyclic) bond motifs is 1. The van der Waals surface area contributed by atoms with Crippen LogP contribution in [0.1, 0.15) is 25.8 Å². The van der Waals surface area contributed by atoms with Crippen molar-refractivity contribution in [3.8, 4) is 0 Å². The Balaban J connectivity index is 2.43. The molecule has 1 atom stereocenters. The maximum absolute atomic E-state index is 5.40. The van der Waals surface area contributed by atoms with Gasteiger partial charge < -0.3 is 5.32 Å². The van der Waals surface area contributed by atoms with E-state index in [2.05, 4.69) is 31.3 Å². The van der Waals surface area contributed by atoms with Gasteiger partial charge in [0.2, 0.25) is 0 Å². The third kappa shape index (κ3) is 1.66. The molecule has 0 amide bonds. The number of hydrogen-bond donors (Lipinski definition) is 1. The number of rotatable bonds is 1. The molecule has 1 unspecified atom stereocenters. The van der Waals surface area contributed by atoms with Gasteiger partial charge in [-0.2, -0.15) is 0 Å². The molecule has 0 aromatic heterocycles.